The molecule has 1 aromatic rings. The fraction of sp³-hybridized carbons (Fsp3) is 0.600. The molecule has 1 aliphatic heterocycles. The van der Waals surface area contributed by atoms with Gasteiger partial charge in [-0.3, -0.25) is 0 Å². The molecule has 0 aromatic carbocycles. The normalized spacial score (nSPS) is 18.8. The number of allylic oxidation sites excluding steroid dienone is 1. The molecule has 2 rings (SSSR count). The maximum absolute atomic E-state index is 2.54. The van der Waals surface area contributed by atoms with Gasteiger partial charge in [-0.15, -0.1) is 11.3 Å². The van der Waals surface area contributed by atoms with Crippen LogP contribution in [-0.2, 0) is 0 Å². The summed E-state index contributed by atoms with van der Waals surface area (Å²) in [6.45, 7) is 7.00. The summed E-state index contributed by atoms with van der Waals surface area (Å²) in [5.74, 6) is 0.690. The number of anilines is 1. The SMILES string of the molecule is CCC(C)/C=C/c1ccc(N2CCCCC2)s1. The Labute approximate surface area is 109 Å². The summed E-state index contributed by atoms with van der Waals surface area (Å²) >= 11 is 1.93. The quantitative estimate of drug-likeness (QED) is 0.741. The Balaban J connectivity index is 1.97. The van der Waals surface area contributed by atoms with Crippen LogP contribution in [0, 0.1) is 5.92 Å². The van der Waals surface area contributed by atoms with Gasteiger partial charge in [-0.1, -0.05) is 26.3 Å². The van der Waals surface area contributed by atoms with Gasteiger partial charge in [0.15, 0.2) is 0 Å². The van der Waals surface area contributed by atoms with E-state index in [4.69, 9.17) is 0 Å². The van der Waals surface area contributed by atoms with Crippen LogP contribution < -0.4 is 4.90 Å². The van der Waals surface area contributed by atoms with Crippen LogP contribution in [-0.4, -0.2) is 13.1 Å². The van der Waals surface area contributed by atoms with Crippen LogP contribution in [0.3, 0.4) is 0 Å². The van der Waals surface area contributed by atoms with E-state index in [0.29, 0.717) is 5.92 Å². The third-order valence-electron chi connectivity index (χ3n) is 3.51. The molecule has 0 spiro atoms. The first-order valence-electron chi connectivity index (χ1n) is 6.82. The second-order valence-corrected chi connectivity index (χ2v) is 6.06. The molecule has 2 heterocycles. The molecule has 1 unspecified atom stereocenters. The predicted molar refractivity (Wildman–Crippen MR) is 78.9 cm³/mol. The zero-order valence-electron chi connectivity index (χ0n) is 11.0. The van der Waals surface area contributed by atoms with Gasteiger partial charge in [-0.2, -0.15) is 0 Å². The average Bonchev–Trinajstić information content (AvgIpc) is 2.86. The molecule has 0 radical (unpaired) electrons. The summed E-state index contributed by atoms with van der Waals surface area (Å²) in [7, 11) is 0. The van der Waals surface area contributed by atoms with Gasteiger partial charge in [0.2, 0.25) is 0 Å². The maximum atomic E-state index is 2.54. The van der Waals surface area contributed by atoms with Crippen molar-refractivity contribution in [2.45, 2.75) is 39.5 Å². The summed E-state index contributed by atoms with van der Waals surface area (Å²) in [6.07, 6.45) is 9.95. The monoisotopic (exact) mass is 249 g/mol. The van der Waals surface area contributed by atoms with E-state index in [1.54, 1.807) is 0 Å². The lowest BCUT2D eigenvalue weighted by molar-refractivity contribution is 0.580. The van der Waals surface area contributed by atoms with Crippen LogP contribution in [0.15, 0.2) is 18.2 Å². The van der Waals surface area contributed by atoms with Crippen molar-refractivity contribution in [1.29, 1.82) is 0 Å². The molecule has 1 aromatic heterocycles. The van der Waals surface area contributed by atoms with Crippen molar-refractivity contribution in [3.63, 3.8) is 0 Å². The number of hydrogen-bond acceptors (Lipinski definition) is 2. The minimum atomic E-state index is 0.690. The Hall–Kier alpha value is -0.760. The van der Waals surface area contributed by atoms with Crippen molar-refractivity contribution in [3.05, 3.63) is 23.1 Å². The molecular formula is C15H23NS. The van der Waals surface area contributed by atoms with E-state index in [-0.39, 0.29) is 0 Å². The molecule has 1 atom stereocenters. The van der Waals surface area contributed by atoms with Crippen molar-refractivity contribution in [3.8, 4) is 0 Å². The van der Waals surface area contributed by atoms with Crippen LogP contribution in [0.5, 0.6) is 0 Å². The summed E-state index contributed by atoms with van der Waals surface area (Å²) in [5, 5.41) is 1.45. The molecule has 0 aliphatic carbocycles. The van der Waals surface area contributed by atoms with Crippen LogP contribution in [0.4, 0.5) is 5.00 Å². The molecule has 2 heteroatoms. The van der Waals surface area contributed by atoms with Gasteiger partial charge in [-0.25, -0.2) is 0 Å². The van der Waals surface area contributed by atoms with Crippen LogP contribution >= 0.6 is 11.3 Å². The number of piperidine rings is 1. The maximum Gasteiger partial charge on any atom is 0.0914 e. The zero-order chi connectivity index (χ0) is 12.1. The minimum absolute atomic E-state index is 0.690. The molecule has 1 fully saturated rings. The van der Waals surface area contributed by atoms with E-state index in [0.717, 1.165) is 0 Å². The summed E-state index contributed by atoms with van der Waals surface area (Å²) < 4.78 is 0. The molecular weight excluding hydrogens is 226 g/mol. The standard InChI is InChI=1S/C15H23NS/c1-3-13(2)7-8-14-9-10-15(17-14)16-11-5-4-6-12-16/h7-10,13H,3-6,11-12H2,1-2H3/b8-7+. The third kappa shape index (κ3) is 3.60. The summed E-state index contributed by atoms with van der Waals surface area (Å²) in [4.78, 5) is 3.93. The lowest BCUT2D eigenvalue weighted by atomic mass is 10.1. The van der Waals surface area contributed by atoms with Gasteiger partial charge in [0.1, 0.15) is 0 Å². The lowest BCUT2D eigenvalue weighted by Crippen LogP contribution is -2.28. The van der Waals surface area contributed by atoms with Crippen molar-refractivity contribution in [2.24, 2.45) is 5.92 Å². The van der Waals surface area contributed by atoms with Gasteiger partial charge >= 0.3 is 0 Å². The number of hydrogen-bond donors (Lipinski definition) is 0. The predicted octanol–water partition coefficient (Wildman–Crippen LogP) is 4.80. The van der Waals surface area contributed by atoms with Gasteiger partial charge in [0, 0.05) is 18.0 Å². The van der Waals surface area contributed by atoms with E-state index < -0.39 is 0 Å². The number of nitrogens with zero attached hydrogens (tertiary/aromatic N) is 1. The Bertz CT molecular complexity index is 361. The molecule has 17 heavy (non-hydrogen) atoms. The van der Waals surface area contributed by atoms with Crippen LogP contribution in [0.25, 0.3) is 6.08 Å². The Morgan fingerprint density at radius 2 is 2.06 bits per heavy atom. The van der Waals surface area contributed by atoms with Crippen molar-refractivity contribution in [1.82, 2.24) is 0 Å². The smallest absolute Gasteiger partial charge is 0.0914 e. The van der Waals surface area contributed by atoms with E-state index in [1.807, 2.05) is 11.3 Å². The molecule has 0 amide bonds. The highest BCUT2D eigenvalue weighted by atomic mass is 32.1. The lowest BCUT2D eigenvalue weighted by Gasteiger charge is -2.27. The van der Waals surface area contributed by atoms with Crippen molar-refractivity contribution < 1.29 is 0 Å². The highest BCUT2D eigenvalue weighted by Gasteiger charge is 2.12. The van der Waals surface area contributed by atoms with E-state index in [9.17, 15) is 0 Å². The topological polar surface area (TPSA) is 3.24 Å². The first kappa shape index (κ1) is 12.7. The van der Waals surface area contributed by atoms with Crippen LogP contribution in [0.1, 0.15) is 44.4 Å². The van der Waals surface area contributed by atoms with Gasteiger partial charge in [-0.05, 0) is 43.4 Å². The molecule has 0 saturated carbocycles. The number of thiophene rings is 1. The molecule has 94 valence electrons. The Morgan fingerprint density at radius 1 is 1.29 bits per heavy atom. The number of rotatable bonds is 4. The Morgan fingerprint density at radius 3 is 2.76 bits per heavy atom. The van der Waals surface area contributed by atoms with Crippen molar-refractivity contribution in [2.75, 3.05) is 18.0 Å². The van der Waals surface area contributed by atoms with Gasteiger partial charge in [0.25, 0.3) is 0 Å². The summed E-state index contributed by atoms with van der Waals surface area (Å²) in [5.41, 5.74) is 0. The fourth-order valence-electron chi connectivity index (χ4n) is 2.11. The minimum Gasteiger partial charge on any atom is -0.363 e. The second kappa shape index (κ2) is 6.25. The Kier molecular flexibility index (Phi) is 4.66. The first-order valence-corrected chi connectivity index (χ1v) is 7.64. The van der Waals surface area contributed by atoms with Gasteiger partial charge in [0.05, 0.1) is 5.00 Å². The fourth-order valence-corrected chi connectivity index (χ4v) is 3.08. The molecule has 0 bridgehead atoms. The van der Waals surface area contributed by atoms with E-state index in [1.165, 1.54) is 48.7 Å². The van der Waals surface area contributed by atoms with E-state index >= 15 is 0 Å². The molecule has 0 N–H and O–H groups in total. The van der Waals surface area contributed by atoms with E-state index in [2.05, 4.69) is 43.0 Å². The second-order valence-electron chi connectivity index (χ2n) is 4.97. The first-order chi connectivity index (χ1) is 8.29. The zero-order valence-corrected chi connectivity index (χ0v) is 11.8. The average molecular weight is 249 g/mol. The summed E-state index contributed by atoms with van der Waals surface area (Å²) in [6, 6.07) is 4.54. The molecule has 1 aliphatic rings. The third-order valence-corrected chi connectivity index (χ3v) is 4.62. The highest BCUT2D eigenvalue weighted by Crippen LogP contribution is 2.29. The van der Waals surface area contributed by atoms with Crippen LogP contribution in [0.2, 0.25) is 0 Å². The highest BCUT2D eigenvalue weighted by molar-refractivity contribution is 7.16. The molecule has 1 saturated heterocycles. The molecule has 1 nitrogen and oxygen atoms in total. The largest absolute Gasteiger partial charge is 0.363 e. The van der Waals surface area contributed by atoms with Gasteiger partial charge < -0.3 is 4.90 Å². The van der Waals surface area contributed by atoms with Crippen molar-refractivity contribution >= 4 is 22.4 Å².